The molecule has 1 heterocycles. The minimum absolute atomic E-state index is 0.000269. The summed E-state index contributed by atoms with van der Waals surface area (Å²) in [4.78, 5) is 27.4. The highest BCUT2D eigenvalue weighted by Gasteiger charge is 2.46. The van der Waals surface area contributed by atoms with E-state index in [-0.39, 0.29) is 36.0 Å². The average Bonchev–Trinajstić information content (AvgIpc) is 3.69. The van der Waals surface area contributed by atoms with Crippen molar-refractivity contribution < 1.29 is 23.5 Å². The van der Waals surface area contributed by atoms with E-state index in [1.54, 1.807) is 26.2 Å². The Kier molecular flexibility index (Phi) is 6.77. The van der Waals surface area contributed by atoms with Gasteiger partial charge in [0.25, 0.3) is 0 Å². The zero-order chi connectivity index (χ0) is 25.2. The Morgan fingerprint density at radius 1 is 1.06 bits per heavy atom. The van der Waals surface area contributed by atoms with Crippen LogP contribution in [-0.4, -0.2) is 37.0 Å². The van der Waals surface area contributed by atoms with Gasteiger partial charge in [-0.2, -0.15) is 0 Å². The van der Waals surface area contributed by atoms with E-state index in [0.29, 0.717) is 43.0 Å². The molecule has 1 aliphatic carbocycles. The minimum Gasteiger partial charge on any atom is -0.496 e. The fraction of sp³-hybridized carbons (Fsp3) is 0.333. The van der Waals surface area contributed by atoms with E-state index in [2.05, 4.69) is 12.1 Å². The maximum atomic E-state index is 14.7. The summed E-state index contributed by atoms with van der Waals surface area (Å²) in [5, 5.41) is 0. The lowest BCUT2D eigenvalue weighted by molar-refractivity contribution is -0.142. The number of halogens is 1. The van der Waals surface area contributed by atoms with Gasteiger partial charge in [0, 0.05) is 24.6 Å². The van der Waals surface area contributed by atoms with Gasteiger partial charge in [0.15, 0.2) is 0 Å². The molecule has 1 aliphatic heterocycles. The maximum absolute atomic E-state index is 14.7. The lowest BCUT2D eigenvalue weighted by atomic mass is 9.89. The van der Waals surface area contributed by atoms with E-state index in [9.17, 15) is 14.0 Å². The van der Waals surface area contributed by atoms with Crippen LogP contribution in [0.5, 0.6) is 5.75 Å². The van der Waals surface area contributed by atoms with E-state index < -0.39 is 0 Å². The molecule has 6 heteroatoms. The molecule has 0 N–H and O–H groups in total. The third-order valence-electron chi connectivity index (χ3n) is 7.16. The van der Waals surface area contributed by atoms with Gasteiger partial charge in [-0.05, 0) is 77.8 Å². The Balaban J connectivity index is 1.44. The Hall–Kier alpha value is -3.67. The summed E-state index contributed by atoms with van der Waals surface area (Å²) in [6, 6.07) is 18.7. The molecule has 5 rings (SSSR count). The molecule has 3 aromatic rings. The molecule has 1 amide bonds. The van der Waals surface area contributed by atoms with Crippen molar-refractivity contribution in [2.24, 2.45) is 5.92 Å². The van der Waals surface area contributed by atoms with E-state index in [4.69, 9.17) is 9.47 Å². The summed E-state index contributed by atoms with van der Waals surface area (Å²) in [5.74, 6) is 0.377. The van der Waals surface area contributed by atoms with Crippen molar-refractivity contribution in [1.29, 1.82) is 0 Å². The second-order valence-corrected chi connectivity index (χ2v) is 9.48. The topological polar surface area (TPSA) is 55.8 Å². The number of ether oxygens (including phenoxy) is 2. The molecule has 2 atom stereocenters. The number of amides is 1. The van der Waals surface area contributed by atoms with Gasteiger partial charge in [0.1, 0.15) is 11.6 Å². The monoisotopic (exact) mass is 487 g/mol. The Morgan fingerprint density at radius 2 is 1.86 bits per heavy atom. The third kappa shape index (κ3) is 4.85. The average molecular weight is 488 g/mol. The SMILES string of the molecule is CCOC(=O)Cc1ccc(OC)c(-c2cc(F)cc3c2CN(C(=O)[C@@H]2C[C@H]2c2ccccc2)CC3)c1. The molecular weight excluding hydrogens is 457 g/mol. The number of esters is 1. The van der Waals surface area contributed by atoms with Crippen LogP contribution in [0.15, 0.2) is 60.7 Å². The first-order chi connectivity index (χ1) is 17.5. The second kappa shape index (κ2) is 10.1. The summed E-state index contributed by atoms with van der Waals surface area (Å²) < 4.78 is 25.4. The highest BCUT2D eigenvalue weighted by atomic mass is 19.1. The van der Waals surface area contributed by atoms with Gasteiger partial charge in [-0.25, -0.2) is 4.39 Å². The number of hydrogen-bond acceptors (Lipinski definition) is 4. The van der Waals surface area contributed by atoms with E-state index in [0.717, 1.165) is 23.1 Å². The zero-order valence-electron chi connectivity index (χ0n) is 20.6. The van der Waals surface area contributed by atoms with Crippen LogP contribution in [0.3, 0.4) is 0 Å². The molecule has 186 valence electrons. The largest absolute Gasteiger partial charge is 0.496 e. The van der Waals surface area contributed by atoms with Gasteiger partial charge >= 0.3 is 5.97 Å². The number of methoxy groups -OCH3 is 1. The van der Waals surface area contributed by atoms with Crippen LogP contribution < -0.4 is 4.74 Å². The maximum Gasteiger partial charge on any atom is 0.310 e. The zero-order valence-corrected chi connectivity index (χ0v) is 20.6. The van der Waals surface area contributed by atoms with E-state index in [1.807, 2.05) is 35.2 Å². The van der Waals surface area contributed by atoms with Gasteiger partial charge in [-0.3, -0.25) is 9.59 Å². The highest BCUT2D eigenvalue weighted by molar-refractivity contribution is 5.84. The summed E-state index contributed by atoms with van der Waals surface area (Å²) in [5.41, 5.74) is 5.20. The van der Waals surface area contributed by atoms with Gasteiger partial charge < -0.3 is 14.4 Å². The Morgan fingerprint density at radius 3 is 2.61 bits per heavy atom. The number of nitrogens with zero attached hydrogens (tertiary/aromatic N) is 1. The van der Waals surface area contributed by atoms with E-state index in [1.165, 1.54) is 11.6 Å². The molecule has 0 aromatic heterocycles. The van der Waals surface area contributed by atoms with Crippen molar-refractivity contribution in [3.05, 3.63) is 88.7 Å². The molecule has 0 spiro atoms. The summed E-state index contributed by atoms with van der Waals surface area (Å²) in [6.07, 6.45) is 1.58. The van der Waals surface area contributed by atoms with Gasteiger partial charge in [0.05, 0.1) is 20.1 Å². The number of hydrogen-bond donors (Lipinski definition) is 0. The molecule has 0 unspecified atom stereocenters. The lowest BCUT2D eigenvalue weighted by Crippen LogP contribution is -2.37. The van der Waals surface area contributed by atoms with Crippen molar-refractivity contribution in [2.75, 3.05) is 20.3 Å². The molecule has 0 saturated heterocycles. The van der Waals surface area contributed by atoms with Crippen LogP contribution in [0.25, 0.3) is 11.1 Å². The molecule has 2 aliphatic rings. The molecule has 36 heavy (non-hydrogen) atoms. The number of fused-ring (bicyclic) bond motifs is 1. The highest BCUT2D eigenvalue weighted by Crippen LogP contribution is 2.49. The first-order valence-electron chi connectivity index (χ1n) is 12.5. The van der Waals surface area contributed by atoms with Crippen molar-refractivity contribution in [2.45, 2.75) is 38.6 Å². The van der Waals surface area contributed by atoms with Crippen molar-refractivity contribution in [3.63, 3.8) is 0 Å². The number of carbonyl (C=O) groups is 2. The van der Waals surface area contributed by atoms with Crippen LogP contribution in [0.1, 0.15) is 41.5 Å². The molecule has 1 saturated carbocycles. The number of rotatable bonds is 7. The molecule has 0 radical (unpaired) electrons. The standard InChI is InChI=1S/C30H30FNO4/c1-3-36-29(33)14-19-9-10-28(35-2)25(13-19)24-16-22(31)15-21-11-12-32(18-27(21)24)30(34)26-17-23(26)20-7-5-4-6-8-20/h4-10,13,15-16,23,26H,3,11-12,14,17-18H2,1-2H3/t23-,26+/m0/s1. The third-order valence-corrected chi connectivity index (χ3v) is 7.16. The first kappa shape index (κ1) is 24.0. The van der Waals surface area contributed by atoms with Gasteiger partial charge in [0.2, 0.25) is 5.91 Å². The minimum atomic E-state index is -0.326. The number of benzene rings is 3. The molecular formula is C30H30FNO4. The smallest absolute Gasteiger partial charge is 0.310 e. The summed E-state index contributed by atoms with van der Waals surface area (Å²) in [6.45, 7) is 3.09. The Bertz CT molecular complexity index is 1290. The quantitative estimate of drug-likeness (QED) is 0.425. The molecule has 5 nitrogen and oxygen atoms in total. The van der Waals surface area contributed by atoms with Crippen LogP contribution in [0, 0.1) is 11.7 Å². The predicted octanol–water partition coefficient (Wildman–Crippen LogP) is 5.30. The van der Waals surface area contributed by atoms with Crippen LogP contribution in [-0.2, 0) is 33.7 Å². The molecule has 3 aromatic carbocycles. The first-order valence-corrected chi connectivity index (χ1v) is 12.5. The van der Waals surface area contributed by atoms with Crippen molar-refractivity contribution in [1.82, 2.24) is 4.90 Å². The Labute approximate surface area is 210 Å². The van der Waals surface area contributed by atoms with Gasteiger partial charge in [-0.15, -0.1) is 0 Å². The van der Waals surface area contributed by atoms with Crippen molar-refractivity contribution in [3.8, 4) is 16.9 Å². The van der Waals surface area contributed by atoms with E-state index >= 15 is 0 Å². The summed E-state index contributed by atoms with van der Waals surface area (Å²) >= 11 is 0. The van der Waals surface area contributed by atoms with Crippen molar-refractivity contribution >= 4 is 11.9 Å². The van der Waals surface area contributed by atoms with Crippen LogP contribution in [0.2, 0.25) is 0 Å². The molecule has 1 fully saturated rings. The fourth-order valence-electron chi connectivity index (χ4n) is 5.28. The number of carbonyl (C=O) groups excluding carboxylic acids is 2. The second-order valence-electron chi connectivity index (χ2n) is 9.48. The lowest BCUT2D eigenvalue weighted by Gasteiger charge is -2.31. The van der Waals surface area contributed by atoms with Crippen LogP contribution >= 0.6 is 0 Å². The molecule has 0 bridgehead atoms. The van der Waals surface area contributed by atoms with Gasteiger partial charge in [-0.1, -0.05) is 36.4 Å². The fourth-order valence-corrected chi connectivity index (χ4v) is 5.28. The van der Waals surface area contributed by atoms with Crippen LogP contribution in [0.4, 0.5) is 4.39 Å². The predicted molar refractivity (Wildman–Crippen MR) is 135 cm³/mol. The normalized spacial score (nSPS) is 18.4. The summed E-state index contributed by atoms with van der Waals surface area (Å²) in [7, 11) is 1.57.